The Kier molecular flexibility index (Phi) is 4.03. The Morgan fingerprint density at radius 3 is 2.08 bits per heavy atom. The van der Waals surface area contributed by atoms with Gasteiger partial charge >= 0.3 is 12.4 Å². The molecule has 0 saturated heterocycles. The van der Waals surface area contributed by atoms with Gasteiger partial charge in [-0.2, -0.15) is 0 Å². The summed E-state index contributed by atoms with van der Waals surface area (Å²) in [5.41, 5.74) is -0.917. The monoisotopic (exact) mass is 193 g/mol. The Hall–Kier alpha value is -1.46. The molecule has 0 aromatic carbocycles. The standard InChI is InChI=1S/C7H9F2NO3/c1-10(2)3-4(7(12)13)5(11)6(8)9/h3,6H,1-2H3,(H,12,13). The van der Waals surface area contributed by atoms with Crippen LogP contribution in [0.2, 0.25) is 0 Å². The van der Waals surface area contributed by atoms with E-state index in [1.54, 1.807) is 0 Å². The van der Waals surface area contributed by atoms with Gasteiger partial charge < -0.3 is 10.0 Å². The van der Waals surface area contributed by atoms with Crippen LogP contribution in [0.15, 0.2) is 11.8 Å². The smallest absolute Gasteiger partial charge is 0.341 e. The van der Waals surface area contributed by atoms with Crippen LogP contribution in [-0.4, -0.2) is 42.3 Å². The molecule has 0 unspecified atom stereocenters. The number of carboxylic acids is 1. The average Bonchev–Trinajstić information content (AvgIpc) is 1.97. The van der Waals surface area contributed by atoms with Gasteiger partial charge in [-0.1, -0.05) is 0 Å². The third-order valence-corrected chi connectivity index (χ3v) is 1.08. The van der Waals surface area contributed by atoms with Crippen molar-refractivity contribution in [3.63, 3.8) is 0 Å². The van der Waals surface area contributed by atoms with Crippen molar-refractivity contribution in [1.29, 1.82) is 0 Å². The van der Waals surface area contributed by atoms with Gasteiger partial charge in [-0.15, -0.1) is 0 Å². The number of carboxylic acid groups (broad SMARTS) is 1. The average molecular weight is 193 g/mol. The summed E-state index contributed by atoms with van der Waals surface area (Å²) in [6.45, 7) is 0. The van der Waals surface area contributed by atoms with E-state index in [1.807, 2.05) is 0 Å². The molecular weight excluding hydrogens is 184 g/mol. The van der Waals surface area contributed by atoms with Crippen LogP contribution < -0.4 is 0 Å². The normalized spacial score (nSPS) is 11.6. The van der Waals surface area contributed by atoms with Crippen molar-refractivity contribution in [3.8, 4) is 0 Å². The lowest BCUT2D eigenvalue weighted by Crippen LogP contribution is -2.21. The van der Waals surface area contributed by atoms with Gasteiger partial charge in [0, 0.05) is 20.3 Å². The Morgan fingerprint density at radius 2 is 1.85 bits per heavy atom. The zero-order valence-corrected chi connectivity index (χ0v) is 7.12. The van der Waals surface area contributed by atoms with E-state index in [0.29, 0.717) is 0 Å². The highest BCUT2D eigenvalue weighted by Gasteiger charge is 2.25. The zero-order valence-electron chi connectivity index (χ0n) is 7.12. The molecule has 0 fully saturated rings. The minimum absolute atomic E-state index is 0.844. The van der Waals surface area contributed by atoms with Gasteiger partial charge in [0.2, 0.25) is 5.78 Å². The summed E-state index contributed by atoms with van der Waals surface area (Å²) >= 11 is 0. The maximum atomic E-state index is 11.8. The predicted octanol–water partition coefficient (Wildman–Crippen LogP) is 0.351. The molecule has 0 radical (unpaired) electrons. The summed E-state index contributed by atoms with van der Waals surface area (Å²) in [6.07, 6.45) is -2.45. The molecule has 0 aromatic rings. The predicted molar refractivity (Wildman–Crippen MR) is 40.4 cm³/mol. The summed E-state index contributed by atoms with van der Waals surface area (Å²) < 4.78 is 23.6. The van der Waals surface area contributed by atoms with Crippen molar-refractivity contribution in [2.75, 3.05) is 14.1 Å². The van der Waals surface area contributed by atoms with Crippen LogP contribution in [0.3, 0.4) is 0 Å². The van der Waals surface area contributed by atoms with Gasteiger partial charge in [0.1, 0.15) is 5.57 Å². The van der Waals surface area contributed by atoms with Crippen molar-refractivity contribution >= 4 is 11.8 Å². The van der Waals surface area contributed by atoms with E-state index in [4.69, 9.17) is 5.11 Å². The molecule has 0 heterocycles. The number of aliphatic carboxylic acids is 1. The van der Waals surface area contributed by atoms with Crippen molar-refractivity contribution in [2.45, 2.75) is 6.43 Å². The highest BCUT2D eigenvalue weighted by Crippen LogP contribution is 2.06. The quantitative estimate of drug-likeness (QED) is 0.397. The molecule has 0 aliphatic heterocycles. The first-order valence-electron chi connectivity index (χ1n) is 3.30. The fraction of sp³-hybridized carbons (Fsp3) is 0.429. The second-order valence-electron chi connectivity index (χ2n) is 2.48. The lowest BCUT2D eigenvalue weighted by Gasteiger charge is -2.06. The molecule has 0 saturated carbocycles. The summed E-state index contributed by atoms with van der Waals surface area (Å²) in [5, 5.41) is 8.39. The molecule has 74 valence electrons. The lowest BCUT2D eigenvalue weighted by atomic mass is 10.2. The van der Waals surface area contributed by atoms with Crippen molar-refractivity contribution in [2.24, 2.45) is 0 Å². The summed E-state index contributed by atoms with van der Waals surface area (Å²) in [5.74, 6) is -3.33. The molecule has 0 aliphatic rings. The molecular formula is C7H9F2NO3. The van der Waals surface area contributed by atoms with Crippen molar-refractivity contribution in [3.05, 3.63) is 11.8 Å². The van der Waals surface area contributed by atoms with Crippen LogP contribution >= 0.6 is 0 Å². The van der Waals surface area contributed by atoms with Crippen LogP contribution in [0, 0.1) is 0 Å². The third-order valence-electron chi connectivity index (χ3n) is 1.08. The number of hydrogen-bond acceptors (Lipinski definition) is 3. The van der Waals surface area contributed by atoms with Crippen LogP contribution in [0.1, 0.15) is 0 Å². The molecule has 4 nitrogen and oxygen atoms in total. The maximum Gasteiger partial charge on any atom is 0.341 e. The number of carbonyl (C=O) groups excluding carboxylic acids is 1. The first-order valence-corrected chi connectivity index (χ1v) is 3.30. The second-order valence-corrected chi connectivity index (χ2v) is 2.48. The molecule has 0 amide bonds. The fourth-order valence-corrected chi connectivity index (χ4v) is 0.600. The SMILES string of the molecule is CN(C)C=C(C(=O)O)C(=O)C(F)F. The van der Waals surface area contributed by atoms with E-state index in [1.165, 1.54) is 19.0 Å². The number of alkyl halides is 2. The number of hydrogen-bond donors (Lipinski definition) is 1. The van der Waals surface area contributed by atoms with Crippen LogP contribution in [0.25, 0.3) is 0 Å². The van der Waals surface area contributed by atoms with Crippen LogP contribution in [0.5, 0.6) is 0 Å². The Bertz CT molecular complexity index is 248. The van der Waals surface area contributed by atoms with Gasteiger partial charge in [0.25, 0.3) is 0 Å². The Balaban J connectivity index is 4.83. The third kappa shape index (κ3) is 3.64. The Morgan fingerprint density at radius 1 is 1.38 bits per heavy atom. The highest BCUT2D eigenvalue weighted by molar-refractivity contribution is 6.17. The maximum absolute atomic E-state index is 11.8. The zero-order chi connectivity index (χ0) is 10.6. The number of nitrogens with zero attached hydrogens (tertiary/aromatic N) is 1. The van der Waals surface area contributed by atoms with Crippen molar-refractivity contribution < 1.29 is 23.5 Å². The number of Topliss-reactive ketones (excluding diaryl/α,β-unsaturated/α-hetero) is 1. The molecule has 1 N–H and O–H groups in total. The van der Waals surface area contributed by atoms with E-state index in [2.05, 4.69) is 0 Å². The molecule has 0 spiro atoms. The minimum Gasteiger partial charge on any atom is -0.478 e. The largest absolute Gasteiger partial charge is 0.478 e. The molecule has 0 bridgehead atoms. The highest BCUT2D eigenvalue weighted by atomic mass is 19.3. The number of ketones is 1. The van der Waals surface area contributed by atoms with E-state index < -0.39 is 23.8 Å². The Labute approximate surface area is 73.4 Å². The molecule has 0 aliphatic carbocycles. The van der Waals surface area contributed by atoms with E-state index in [9.17, 15) is 18.4 Å². The summed E-state index contributed by atoms with van der Waals surface area (Å²) in [4.78, 5) is 22.1. The second kappa shape index (κ2) is 4.54. The molecule has 13 heavy (non-hydrogen) atoms. The number of rotatable bonds is 4. The van der Waals surface area contributed by atoms with Gasteiger partial charge in [-0.25, -0.2) is 13.6 Å². The van der Waals surface area contributed by atoms with Gasteiger partial charge in [0.05, 0.1) is 0 Å². The summed E-state index contributed by atoms with van der Waals surface area (Å²) in [7, 11) is 2.86. The molecule has 0 atom stereocenters. The first kappa shape index (κ1) is 11.5. The molecule has 6 heteroatoms. The number of halogens is 2. The van der Waals surface area contributed by atoms with Crippen LogP contribution in [0.4, 0.5) is 8.78 Å². The van der Waals surface area contributed by atoms with Gasteiger partial charge in [-0.05, 0) is 0 Å². The van der Waals surface area contributed by atoms with Gasteiger partial charge in [-0.3, -0.25) is 4.79 Å². The topological polar surface area (TPSA) is 57.6 Å². The van der Waals surface area contributed by atoms with Crippen molar-refractivity contribution in [1.82, 2.24) is 4.90 Å². The minimum atomic E-state index is -3.29. The molecule has 0 rings (SSSR count). The first-order chi connectivity index (χ1) is 5.86. The van der Waals surface area contributed by atoms with Crippen LogP contribution in [-0.2, 0) is 9.59 Å². The van der Waals surface area contributed by atoms with E-state index >= 15 is 0 Å². The van der Waals surface area contributed by atoms with E-state index in [0.717, 1.165) is 6.20 Å². The molecule has 0 aromatic heterocycles. The van der Waals surface area contributed by atoms with Gasteiger partial charge in [0.15, 0.2) is 0 Å². The fourth-order valence-electron chi connectivity index (χ4n) is 0.600. The van der Waals surface area contributed by atoms with E-state index in [-0.39, 0.29) is 0 Å². The number of carbonyl (C=O) groups is 2. The lowest BCUT2D eigenvalue weighted by molar-refractivity contribution is -0.137. The summed E-state index contributed by atoms with van der Waals surface area (Å²) in [6, 6.07) is 0.